The van der Waals surface area contributed by atoms with E-state index in [1.807, 2.05) is 0 Å². The lowest BCUT2D eigenvalue weighted by molar-refractivity contribution is 0.0595. The molecule has 0 amide bonds. The van der Waals surface area contributed by atoms with Crippen molar-refractivity contribution in [3.8, 4) is 0 Å². The van der Waals surface area contributed by atoms with Crippen LogP contribution in [0.1, 0.15) is 10.4 Å². The van der Waals surface area contributed by atoms with Crippen LogP contribution < -0.4 is 4.84 Å². The van der Waals surface area contributed by atoms with Crippen LogP contribution in [0.5, 0.6) is 0 Å². The van der Waals surface area contributed by atoms with Crippen molar-refractivity contribution in [3.63, 3.8) is 0 Å². The van der Waals surface area contributed by atoms with Crippen molar-refractivity contribution in [2.75, 3.05) is 11.9 Å². The third kappa shape index (κ3) is 2.09. The molecule has 3 nitrogen and oxygen atoms in total. The molecule has 0 heterocycles. The lowest BCUT2D eigenvalue weighted by Crippen LogP contribution is -2.04. The Balaban J connectivity index is 3.05. The van der Waals surface area contributed by atoms with Gasteiger partial charge < -0.3 is 4.74 Å². The van der Waals surface area contributed by atoms with E-state index in [9.17, 15) is 9.18 Å². The molecule has 70 valence electrons. The minimum atomic E-state index is -0.710. The largest absolute Gasteiger partial charge is 0.465 e. The van der Waals surface area contributed by atoms with Gasteiger partial charge in [0.05, 0.1) is 18.4 Å². The Kier molecular flexibility index (Phi) is 3.08. The zero-order chi connectivity index (χ0) is 9.84. The number of carbonyl (C=O) groups is 1. The number of esters is 1. The highest BCUT2D eigenvalue weighted by Gasteiger charge is 2.11. The molecule has 0 bridgehead atoms. The number of hydrogen-bond donors (Lipinski definition) is 1. The predicted molar refractivity (Wildman–Crippen MR) is 47.2 cm³/mol. The van der Waals surface area contributed by atoms with Gasteiger partial charge in [-0.2, -0.15) is 0 Å². The molecule has 0 fully saturated rings. The van der Waals surface area contributed by atoms with E-state index in [1.54, 1.807) is 0 Å². The average molecular weight is 204 g/mol. The quantitative estimate of drug-likeness (QED) is 0.592. The second kappa shape index (κ2) is 4.09. The SMILES string of the molecule is COC(=O)c1ccc(NCl)cc1F. The van der Waals surface area contributed by atoms with Gasteiger partial charge in [-0.25, -0.2) is 9.18 Å². The van der Waals surface area contributed by atoms with Gasteiger partial charge in [0.2, 0.25) is 0 Å². The average Bonchev–Trinajstić information content (AvgIpc) is 2.16. The fraction of sp³-hybridized carbons (Fsp3) is 0.125. The number of anilines is 1. The van der Waals surface area contributed by atoms with E-state index in [0.29, 0.717) is 5.69 Å². The van der Waals surface area contributed by atoms with Crippen LogP contribution in [0.4, 0.5) is 10.1 Å². The summed E-state index contributed by atoms with van der Waals surface area (Å²) in [5.41, 5.74) is 0.269. The predicted octanol–water partition coefficient (Wildman–Crippen LogP) is 2.18. The summed E-state index contributed by atoms with van der Waals surface area (Å²) in [6.45, 7) is 0. The number of methoxy groups -OCH3 is 1. The molecule has 0 aliphatic heterocycles. The summed E-state index contributed by atoms with van der Waals surface area (Å²) in [5.74, 6) is -1.38. The van der Waals surface area contributed by atoms with E-state index >= 15 is 0 Å². The van der Waals surface area contributed by atoms with E-state index in [-0.39, 0.29) is 5.56 Å². The summed E-state index contributed by atoms with van der Waals surface area (Å²) in [6, 6.07) is 3.88. The van der Waals surface area contributed by atoms with Gasteiger partial charge in [-0.1, -0.05) is 0 Å². The van der Waals surface area contributed by atoms with Crippen LogP contribution in [0, 0.1) is 5.82 Å². The molecule has 0 aliphatic rings. The van der Waals surface area contributed by atoms with Crippen molar-refractivity contribution in [1.82, 2.24) is 0 Å². The van der Waals surface area contributed by atoms with Crippen LogP contribution in [0.3, 0.4) is 0 Å². The monoisotopic (exact) mass is 203 g/mol. The molecule has 0 aliphatic carbocycles. The maximum Gasteiger partial charge on any atom is 0.340 e. The van der Waals surface area contributed by atoms with Crippen molar-refractivity contribution < 1.29 is 13.9 Å². The first-order valence-electron chi connectivity index (χ1n) is 3.43. The maximum atomic E-state index is 13.1. The topological polar surface area (TPSA) is 38.3 Å². The van der Waals surface area contributed by atoms with Crippen molar-refractivity contribution in [2.45, 2.75) is 0 Å². The Labute approximate surface area is 79.6 Å². The highest BCUT2D eigenvalue weighted by Crippen LogP contribution is 2.15. The molecule has 0 aromatic heterocycles. The van der Waals surface area contributed by atoms with Gasteiger partial charge in [-0.15, -0.1) is 0 Å². The van der Waals surface area contributed by atoms with Gasteiger partial charge in [0.25, 0.3) is 0 Å². The smallest absolute Gasteiger partial charge is 0.340 e. The van der Waals surface area contributed by atoms with E-state index in [2.05, 4.69) is 9.57 Å². The molecule has 13 heavy (non-hydrogen) atoms. The van der Waals surface area contributed by atoms with Crippen LogP contribution >= 0.6 is 11.8 Å². The Bertz CT molecular complexity index is 330. The lowest BCUT2D eigenvalue weighted by atomic mass is 10.2. The first-order chi connectivity index (χ1) is 6.19. The molecule has 0 unspecified atom stereocenters. The van der Waals surface area contributed by atoms with E-state index in [4.69, 9.17) is 11.8 Å². The molecule has 1 rings (SSSR count). The van der Waals surface area contributed by atoms with Gasteiger partial charge in [-0.05, 0) is 18.2 Å². The van der Waals surface area contributed by atoms with Crippen molar-refractivity contribution >= 4 is 23.4 Å². The van der Waals surface area contributed by atoms with Gasteiger partial charge in [0.1, 0.15) is 5.82 Å². The zero-order valence-electron chi connectivity index (χ0n) is 6.80. The standard InChI is InChI=1S/C8H7ClFNO2/c1-13-8(12)6-3-2-5(11-9)4-7(6)10/h2-4,11H,1H3. The normalized spacial score (nSPS) is 9.46. The number of ether oxygens (including phenoxy) is 1. The van der Waals surface area contributed by atoms with E-state index in [1.165, 1.54) is 19.2 Å². The third-order valence-electron chi connectivity index (χ3n) is 1.48. The molecule has 1 N–H and O–H groups in total. The Morgan fingerprint density at radius 2 is 2.31 bits per heavy atom. The van der Waals surface area contributed by atoms with Gasteiger partial charge in [0.15, 0.2) is 0 Å². The molecular weight excluding hydrogens is 197 g/mol. The minimum Gasteiger partial charge on any atom is -0.465 e. The first kappa shape index (κ1) is 9.80. The van der Waals surface area contributed by atoms with Crippen LogP contribution in [-0.2, 0) is 4.74 Å². The summed E-state index contributed by atoms with van der Waals surface area (Å²) in [5, 5.41) is 0. The number of benzene rings is 1. The van der Waals surface area contributed by atoms with E-state index in [0.717, 1.165) is 6.07 Å². The molecule has 1 aromatic carbocycles. The van der Waals surface area contributed by atoms with Crippen LogP contribution in [-0.4, -0.2) is 13.1 Å². The molecule has 0 spiro atoms. The lowest BCUT2D eigenvalue weighted by Gasteiger charge is -2.02. The van der Waals surface area contributed by atoms with Crippen molar-refractivity contribution in [2.24, 2.45) is 0 Å². The summed E-state index contributed by atoms with van der Waals surface area (Å²) in [6.07, 6.45) is 0. The Hall–Kier alpha value is -1.29. The number of nitrogens with one attached hydrogen (secondary N) is 1. The summed E-state index contributed by atoms with van der Waals surface area (Å²) in [4.78, 5) is 13.2. The van der Waals surface area contributed by atoms with Gasteiger partial charge in [0, 0.05) is 11.8 Å². The second-order valence-electron chi connectivity index (χ2n) is 2.28. The molecule has 0 radical (unpaired) electrons. The fourth-order valence-corrected chi connectivity index (χ4v) is 0.967. The van der Waals surface area contributed by atoms with Crippen LogP contribution in [0.2, 0.25) is 0 Å². The number of hydrogen-bond acceptors (Lipinski definition) is 3. The van der Waals surface area contributed by atoms with Gasteiger partial charge in [-0.3, -0.25) is 4.84 Å². The Morgan fingerprint density at radius 1 is 1.62 bits per heavy atom. The zero-order valence-corrected chi connectivity index (χ0v) is 7.56. The van der Waals surface area contributed by atoms with Gasteiger partial charge >= 0.3 is 5.97 Å². The van der Waals surface area contributed by atoms with Crippen LogP contribution in [0.25, 0.3) is 0 Å². The number of halogens is 2. The summed E-state index contributed by atoms with van der Waals surface area (Å²) in [7, 11) is 1.19. The highest BCUT2D eigenvalue weighted by molar-refractivity contribution is 6.23. The minimum absolute atomic E-state index is 0.113. The van der Waals surface area contributed by atoms with E-state index < -0.39 is 11.8 Å². The summed E-state index contributed by atoms with van der Waals surface area (Å²) >= 11 is 5.23. The number of rotatable bonds is 2. The molecule has 0 atom stereocenters. The molecule has 0 saturated carbocycles. The third-order valence-corrected chi connectivity index (χ3v) is 1.70. The second-order valence-corrected chi connectivity index (χ2v) is 2.47. The summed E-state index contributed by atoms with van der Waals surface area (Å²) < 4.78 is 17.4. The fourth-order valence-electron chi connectivity index (χ4n) is 0.849. The van der Waals surface area contributed by atoms with Crippen molar-refractivity contribution in [3.05, 3.63) is 29.6 Å². The maximum absolute atomic E-state index is 13.1. The first-order valence-corrected chi connectivity index (χ1v) is 3.81. The number of carbonyl (C=O) groups excluding carboxylic acids is 1. The molecule has 5 heteroatoms. The molecular formula is C8H7ClFNO2. The van der Waals surface area contributed by atoms with Crippen molar-refractivity contribution in [1.29, 1.82) is 0 Å². The van der Waals surface area contributed by atoms with Crippen LogP contribution in [0.15, 0.2) is 18.2 Å². The Morgan fingerprint density at radius 3 is 2.77 bits per heavy atom. The highest BCUT2D eigenvalue weighted by atomic mass is 35.5. The molecule has 1 aromatic rings. The molecule has 0 saturated heterocycles.